The molecular formula is C42H36S. The van der Waals surface area contributed by atoms with E-state index >= 15 is 0 Å². The van der Waals surface area contributed by atoms with Crippen LogP contribution in [0.15, 0.2) is 134 Å². The zero-order valence-corrected chi connectivity index (χ0v) is 26.1. The number of hydrogen-bond acceptors (Lipinski definition) is 1. The third-order valence-electron chi connectivity index (χ3n) is 8.37. The van der Waals surface area contributed by atoms with Gasteiger partial charge in [0.25, 0.3) is 0 Å². The van der Waals surface area contributed by atoms with Crippen molar-refractivity contribution >= 4 is 53.9 Å². The minimum Gasteiger partial charge on any atom is -0.135 e. The molecule has 1 heterocycles. The van der Waals surface area contributed by atoms with E-state index in [9.17, 15) is 0 Å². The van der Waals surface area contributed by atoms with Gasteiger partial charge in [-0.05, 0) is 83.0 Å². The lowest BCUT2D eigenvalue weighted by atomic mass is 9.92. The lowest BCUT2D eigenvalue weighted by molar-refractivity contribution is 1.41. The van der Waals surface area contributed by atoms with Crippen LogP contribution in [-0.4, -0.2) is 0 Å². The molecule has 0 spiro atoms. The van der Waals surface area contributed by atoms with Gasteiger partial charge in [0.1, 0.15) is 0 Å². The average molecular weight is 573 g/mol. The molecule has 0 saturated carbocycles. The summed E-state index contributed by atoms with van der Waals surface area (Å²) in [4.78, 5) is 0. The predicted molar refractivity (Wildman–Crippen MR) is 191 cm³/mol. The molecule has 43 heavy (non-hydrogen) atoms. The quantitative estimate of drug-likeness (QED) is 0.198. The van der Waals surface area contributed by atoms with Crippen molar-refractivity contribution in [3.05, 3.63) is 167 Å². The van der Waals surface area contributed by atoms with Crippen molar-refractivity contribution in [1.82, 2.24) is 0 Å². The Labute approximate surface area is 258 Å². The number of aryl methyl sites for hydroxylation is 3. The SMILES string of the molecule is C=C/C=c1/cccc/c1=C(/C)c1ccc(C)cc1.Cc1ccccc1-c1ccc2ccc3c4ccccc4sc3c2c1C. The van der Waals surface area contributed by atoms with E-state index in [2.05, 4.69) is 156 Å². The van der Waals surface area contributed by atoms with Crippen LogP contribution in [0.2, 0.25) is 0 Å². The molecule has 0 aliphatic rings. The topological polar surface area (TPSA) is 0 Å². The lowest BCUT2D eigenvalue weighted by Gasteiger charge is -2.13. The van der Waals surface area contributed by atoms with Crippen molar-refractivity contribution in [3.63, 3.8) is 0 Å². The maximum atomic E-state index is 3.78. The molecule has 0 amide bonds. The Balaban J connectivity index is 0.000000163. The predicted octanol–water partition coefficient (Wildman–Crippen LogP) is 10.7. The second-order valence-electron chi connectivity index (χ2n) is 11.2. The van der Waals surface area contributed by atoms with E-state index in [0.29, 0.717) is 0 Å². The summed E-state index contributed by atoms with van der Waals surface area (Å²) < 4.78 is 2.78. The maximum absolute atomic E-state index is 3.78. The molecule has 0 fully saturated rings. The summed E-state index contributed by atoms with van der Waals surface area (Å²) in [5.41, 5.74) is 9.24. The van der Waals surface area contributed by atoms with E-state index in [4.69, 9.17) is 0 Å². The standard InChI is InChI=1S/C24H18S.C18H18/c1-15-7-3-4-8-18(15)19-13-11-17-12-14-21-20-9-5-6-10-22(20)25-24(21)23(17)16(19)2;1-4-7-17-8-5-6-9-18(17)15(3)16-12-10-14(2)11-13-16/h3-14H,1-2H3;4-13H,1H2,2-3H3/b;17-7-,18-15+. The van der Waals surface area contributed by atoms with Gasteiger partial charge in [-0.25, -0.2) is 0 Å². The van der Waals surface area contributed by atoms with E-state index in [1.54, 1.807) is 0 Å². The van der Waals surface area contributed by atoms with Crippen LogP contribution in [-0.2, 0) is 0 Å². The third-order valence-corrected chi connectivity index (χ3v) is 9.57. The number of allylic oxidation sites excluding steroid dienone is 1. The molecule has 6 aromatic carbocycles. The number of rotatable bonds is 3. The number of fused-ring (bicyclic) bond motifs is 5. The molecule has 0 radical (unpaired) electrons. The van der Waals surface area contributed by atoms with Crippen molar-refractivity contribution in [1.29, 1.82) is 0 Å². The fraction of sp³-hybridized carbons (Fsp3) is 0.0952. The zero-order chi connectivity index (χ0) is 29.9. The van der Waals surface area contributed by atoms with Gasteiger partial charge in [0, 0.05) is 25.6 Å². The van der Waals surface area contributed by atoms with Crippen molar-refractivity contribution in [3.8, 4) is 11.1 Å². The molecule has 7 aromatic rings. The van der Waals surface area contributed by atoms with E-state index in [0.717, 1.165) is 0 Å². The van der Waals surface area contributed by atoms with Crippen LogP contribution in [0.4, 0.5) is 0 Å². The highest BCUT2D eigenvalue weighted by Gasteiger charge is 2.13. The van der Waals surface area contributed by atoms with Crippen molar-refractivity contribution in [2.75, 3.05) is 0 Å². The van der Waals surface area contributed by atoms with Gasteiger partial charge in [-0.1, -0.05) is 140 Å². The third kappa shape index (κ3) is 5.57. The van der Waals surface area contributed by atoms with Crippen molar-refractivity contribution in [2.45, 2.75) is 27.7 Å². The van der Waals surface area contributed by atoms with Crippen molar-refractivity contribution < 1.29 is 0 Å². The van der Waals surface area contributed by atoms with Crippen LogP contribution in [0, 0.1) is 20.8 Å². The van der Waals surface area contributed by atoms with Gasteiger partial charge >= 0.3 is 0 Å². The molecule has 0 nitrogen and oxygen atoms in total. The van der Waals surface area contributed by atoms with E-state index in [1.165, 1.54) is 80.3 Å². The first-order valence-electron chi connectivity index (χ1n) is 14.8. The Bertz CT molecular complexity index is 2230. The van der Waals surface area contributed by atoms with E-state index < -0.39 is 0 Å². The largest absolute Gasteiger partial charge is 0.135 e. The van der Waals surface area contributed by atoms with Crippen LogP contribution in [0.25, 0.3) is 53.7 Å². The van der Waals surface area contributed by atoms with Crippen LogP contribution < -0.4 is 10.4 Å². The Morgan fingerprint density at radius 3 is 2.14 bits per heavy atom. The molecule has 0 unspecified atom stereocenters. The first-order chi connectivity index (χ1) is 21.0. The monoisotopic (exact) mass is 572 g/mol. The number of hydrogen-bond donors (Lipinski definition) is 0. The maximum Gasteiger partial charge on any atom is 0.0436 e. The van der Waals surface area contributed by atoms with Gasteiger partial charge in [0.05, 0.1) is 0 Å². The molecule has 0 aliphatic heterocycles. The summed E-state index contributed by atoms with van der Waals surface area (Å²) in [6.45, 7) is 12.5. The molecule has 0 atom stereocenters. The molecule has 7 rings (SSSR count). The Morgan fingerprint density at radius 1 is 0.651 bits per heavy atom. The first kappa shape index (κ1) is 28.4. The second-order valence-corrected chi connectivity index (χ2v) is 12.2. The molecule has 210 valence electrons. The van der Waals surface area contributed by atoms with Crippen LogP contribution in [0.5, 0.6) is 0 Å². The number of benzene rings is 6. The Hall–Kier alpha value is -4.72. The van der Waals surface area contributed by atoms with Gasteiger partial charge in [-0.3, -0.25) is 0 Å². The molecule has 0 bridgehead atoms. The lowest BCUT2D eigenvalue weighted by Crippen LogP contribution is -2.25. The molecule has 0 aliphatic carbocycles. The van der Waals surface area contributed by atoms with Gasteiger partial charge in [-0.2, -0.15) is 0 Å². The molecular weight excluding hydrogens is 537 g/mol. The van der Waals surface area contributed by atoms with Crippen molar-refractivity contribution in [2.24, 2.45) is 0 Å². The minimum atomic E-state index is 1.21. The normalized spacial score (nSPS) is 12.3. The highest BCUT2D eigenvalue weighted by atomic mass is 32.1. The van der Waals surface area contributed by atoms with Gasteiger partial charge < -0.3 is 0 Å². The van der Waals surface area contributed by atoms with Crippen LogP contribution >= 0.6 is 11.3 Å². The van der Waals surface area contributed by atoms with Gasteiger partial charge in [0.2, 0.25) is 0 Å². The molecule has 1 aromatic heterocycles. The van der Waals surface area contributed by atoms with Crippen LogP contribution in [0.3, 0.4) is 0 Å². The van der Waals surface area contributed by atoms with Crippen LogP contribution in [0.1, 0.15) is 29.2 Å². The molecule has 0 saturated heterocycles. The van der Waals surface area contributed by atoms with E-state index in [-0.39, 0.29) is 0 Å². The Morgan fingerprint density at radius 2 is 1.35 bits per heavy atom. The molecule has 1 heteroatoms. The number of thiophene rings is 1. The first-order valence-corrected chi connectivity index (χ1v) is 15.6. The summed E-state index contributed by atoms with van der Waals surface area (Å²) in [5, 5.41) is 7.95. The smallest absolute Gasteiger partial charge is 0.0436 e. The highest BCUT2D eigenvalue weighted by molar-refractivity contribution is 7.26. The van der Waals surface area contributed by atoms with E-state index in [1.807, 2.05) is 23.5 Å². The summed E-state index contributed by atoms with van der Waals surface area (Å²) in [6, 6.07) is 43.6. The average Bonchev–Trinajstić information content (AvgIpc) is 3.41. The van der Waals surface area contributed by atoms with Gasteiger partial charge in [0.15, 0.2) is 0 Å². The summed E-state index contributed by atoms with van der Waals surface area (Å²) in [7, 11) is 0. The highest BCUT2D eigenvalue weighted by Crippen LogP contribution is 2.41. The second kappa shape index (κ2) is 12.3. The fourth-order valence-corrected chi connectivity index (χ4v) is 7.31. The minimum absolute atomic E-state index is 1.21. The molecule has 0 N–H and O–H groups in total. The fourth-order valence-electron chi connectivity index (χ4n) is 6.00. The van der Waals surface area contributed by atoms with Gasteiger partial charge in [-0.15, -0.1) is 11.3 Å². The summed E-state index contributed by atoms with van der Waals surface area (Å²) in [5.74, 6) is 0. The zero-order valence-electron chi connectivity index (χ0n) is 25.3. The summed E-state index contributed by atoms with van der Waals surface area (Å²) >= 11 is 1.91. The summed E-state index contributed by atoms with van der Waals surface area (Å²) in [6.07, 6.45) is 3.88. The Kier molecular flexibility index (Phi) is 8.09.